The van der Waals surface area contributed by atoms with Crippen LogP contribution < -0.4 is 11.1 Å². The Morgan fingerprint density at radius 1 is 1.24 bits per heavy atom. The lowest BCUT2D eigenvalue weighted by atomic mass is 9.98. The number of amides is 1. The van der Waals surface area contributed by atoms with Gasteiger partial charge in [-0.3, -0.25) is 10.1 Å². The van der Waals surface area contributed by atoms with Crippen molar-refractivity contribution in [3.8, 4) is 0 Å². The van der Waals surface area contributed by atoms with E-state index in [1.807, 2.05) is 37.3 Å². The first-order chi connectivity index (χ1) is 11.1. The molecule has 2 atom stereocenters. The Morgan fingerprint density at radius 3 is 2.60 bits per heavy atom. The van der Waals surface area contributed by atoms with Gasteiger partial charge in [-0.25, -0.2) is 0 Å². The van der Waals surface area contributed by atoms with Crippen molar-refractivity contribution in [2.24, 2.45) is 5.73 Å². The number of anilines is 1. The van der Waals surface area contributed by atoms with Crippen molar-refractivity contribution in [3.63, 3.8) is 0 Å². The number of nitrogens with zero attached hydrogens (tertiary/aromatic N) is 2. The van der Waals surface area contributed by atoms with Crippen LogP contribution in [0.25, 0.3) is 10.8 Å². The van der Waals surface area contributed by atoms with Gasteiger partial charge in [0.2, 0.25) is 5.13 Å². The highest BCUT2D eigenvalue weighted by Crippen LogP contribution is 2.40. The third kappa shape index (κ3) is 3.93. The molecular formula is C17H18Cl2N4OS. The standard InChI is InChI=1S/C17H16N4OS.2ClH/c1-9-20-21-17(23-9)19-16(22)14-7-11(13-8-15(13)18)6-10-4-2-3-5-12(10)14;;/h2-7,13,15H,8,18H2,1H3,(H,19,21,22);2*1H/t13-,15+;;/m0../s1. The first-order valence-electron chi connectivity index (χ1n) is 7.51. The fourth-order valence-corrected chi connectivity index (χ4v) is 3.43. The zero-order valence-electron chi connectivity index (χ0n) is 13.4. The maximum Gasteiger partial charge on any atom is 0.258 e. The van der Waals surface area contributed by atoms with Crippen LogP contribution in [0.1, 0.15) is 33.3 Å². The summed E-state index contributed by atoms with van der Waals surface area (Å²) >= 11 is 1.37. The number of aromatic nitrogens is 2. The van der Waals surface area contributed by atoms with Crippen molar-refractivity contribution in [1.82, 2.24) is 10.2 Å². The minimum absolute atomic E-state index is 0. The predicted molar refractivity (Wildman–Crippen MR) is 106 cm³/mol. The quantitative estimate of drug-likeness (QED) is 0.702. The molecule has 3 N–H and O–H groups in total. The Morgan fingerprint density at radius 2 is 1.96 bits per heavy atom. The van der Waals surface area contributed by atoms with Gasteiger partial charge in [0.1, 0.15) is 5.01 Å². The van der Waals surface area contributed by atoms with Crippen LogP contribution in [0.4, 0.5) is 5.13 Å². The summed E-state index contributed by atoms with van der Waals surface area (Å²) in [5, 5.41) is 14.1. The van der Waals surface area contributed by atoms with Crippen molar-refractivity contribution in [2.75, 3.05) is 5.32 Å². The van der Waals surface area contributed by atoms with E-state index in [0.717, 1.165) is 27.8 Å². The average Bonchev–Trinajstić information content (AvgIpc) is 3.14. The number of carbonyl (C=O) groups is 1. The van der Waals surface area contributed by atoms with Crippen molar-refractivity contribution >= 4 is 58.0 Å². The van der Waals surface area contributed by atoms with Gasteiger partial charge in [0.05, 0.1) is 0 Å². The molecule has 1 fully saturated rings. The van der Waals surface area contributed by atoms with E-state index in [-0.39, 0.29) is 36.8 Å². The second kappa shape index (κ2) is 7.66. The Kier molecular flexibility index (Phi) is 6.00. The lowest BCUT2D eigenvalue weighted by molar-refractivity contribution is 0.102. The summed E-state index contributed by atoms with van der Waals surface area (Å²) < 4.78 is 0. The largest absolute Gasteiger partial charge is 0.327 e. The number of rotatable bonds is 3. The van der Waals surface area contributed by atoms with Crippen LogP contribution in [0.15, 0.2) is 36.4 Å². The maximum atomic E-state index is 12.7. The van der Waals surface area contributed by atoms with Crippen LogP contribution in [0.5, 0.6) is 0 Å². The molecule has 1 amide bonds. The second-order valence-corrected chi connectivity index (χ2v) is 7.06. The third-order valence-corrected chi connectivity index (χ3v) is 4.90. The Hall–Kier alpha value is -1.73. The molecule has 1 aromatic heterocycles. The molecule has 1 aliphatic carbocycles. The molecule has 0 saturated heterocycles. The van der Waals surface area contributed by atoms with E-state index in [9.17, 15) is 4.79 Å². The number of hydrogen-bond donors (Lipinski definition) is 2. The molecule has 4 rings (SSSR count). The van der Waals surface area contributed by atoms with Gasteiger partial charge in [-0.05, 0) is 35.7 Å². The van der Waals surface area contributed by atoms with E-state index < -0.39 is 0 Å². The van der Waals surface area contributed by atoms with Gasteiger partial charge < -0.3 is 5.73 Å². The minimum atomic E-state index is -0.159. The molecule has 5 nitrogen and oxygen atoms in total. The van der Waals surface area contributed by atoms with Crippen LogP contribution in [-0.2, 0) is 0 Å². The molecule has 3 aromatic rings. The first-order valence-corrected chi connectivity index (χ1v) is 8.33. The molecule has 8 heteroatoms. The lowest BCUT2D eigenvalue weighted by Gasteiger charge is -2.09. The fourth-order valence-electron chi connectivity index (χ4n) is 2.85. The van der Waals surface area contributed by atoms with Crippen LogP contribution in [0.2, 0.25) is 0 Å². The van der Waals surface area contributed by atoms with Gasteiger partial charge in [-0.2, -0.15) is 0 Å². The van der Waals surface area contributed by atoms with Gasteiger partial charge in [0.15, 0.2) is 0 Å². The molecule has 0 unspecified atom stereocenters. The zero-order valence-corrected chi connectivity index (χ0v) is 15.9. The Balaban J connectivity index is 0.00000113. The SMILES string of the molecule is Cc1nnc(NC(=O)c2cc([C@@H]3C[C@H]3N)cc3ccccc23)s1.Cl.Cl. The van der Waals surface area contributed by atoms with Crippen LogP contribution in [-0.4, -0.2) is 22.1 Å². The van der Waals surface area contributed by atoms with Crippen LogP contribution >= 0.6 is 36.2 Å². The average molecular weight is 397 g/mol. The molecule has 0 aliphatic heterocycles. The van der Waals surface area contributed by atoms with Gasteiger partial charge in [0.25, 0.3) is 5.91 Å². The highest BCUT2D eigenvalue weighted by Gasteiger charge is 2.35. The summed E-state index contributed by atoms with van der Waals surface area (Å²) in [6.07, 6.45) is 0.981. The Labute approximate surface area is 161 Å². The molecule has 25 heavy (non-hydrogen) atoms. The molecule has 0 bridgehead atoms. The predicted octanol–water partition coefficient (Wildman–Crippen LogP) is 3.91. The Bertz CT molecular complexity index is 915. The number of nitrogens with two attached hydrogens (primary N) is 1. The van der Waals surface area contributed by atoms with E-state index in [2.05, 4.69) is 21.6 Å². The first kappa shape index (κ1) is 19.6. The number of benzene rings is 2. The zero-order chi connectivity index (χ0) is 16.0. The molecule has 132 valence electrons. The molecule has 2 aromatic carbocycles. The normalized spacial score (nSPS) is 18.2. The summed E-state index contributed by atoms with van der Waals surface area (Å²) in [5.41, 5.74) is 7.77. The highest BCUT2D eigenvalue weighted by molar-refractivity contribution is 7.15. The van der Waals surface area contributed by atoms with E-state index in [4.69, 9.17) is 5.73 Å². The molecule has 0 spiro atoms. The second-order valence-electron chi connectivity index (χ2n) is 5.88. The maximum absolute atomic E-state index is 12.7. The summed E-state index contributed by atoms with van der Waals surface area (Å²) in [6, 6.07) is 12.2. The van der Waals surface area contributed by atoms with Crippen LogP contribution in [0, 0.1) is 6.92 Å². The summed E-state index contributed by atoms with van der Waals surface area (Å²) in [4.78, 5) is 12.7. The summed E-state index contributed by atoms with van der Waals surface area (Å²) in [5.74, 6) is 0.198. The molecule has 1 heterocycles. The minimum Gasteiger partial charge on any atom is -0.327 e. The molecule has 1 aliphatic rings. The van der Waals surface area contributed by atoms with E-state index in [0.29, 0.717) is 16.6 Å². The van der Waals surface area contributed by atoms with Gasteiger partial charge in [-0.15, -0.1) is 35.0 Å². The summed E-state index contributed by atoms with van der Waals surface area (Å²) in [7, 11) is 0. The van der Waals surface area contributed by atoms with Crippen molar-refractivity contribution in [2.45, 2.75) is 25.3 Å². The number of carbonyl (C=O) groups excluding carboxylic acids is 1. The number of hydrogen-bond acceptors (Lipinski definition) is 5. The number of halogens is 2. The van der Waals surface area contributed by atoms with Gasteiger partial charge >= 0.3 is 0 Å². The number of aryl methyl sites for hydroxylation is 1. The van der Waals surface area contributed by atoms with Crippen LogP contribution in [0.3, 0.4) is 0 Å². The molecule has 0 radical (unpaired) electrons. The van der Waals surface area contributed by atoms with Crippen molar-refractivity contribution in [1.29, 1.82) is 0 Å². The monoisotopic (exact) mass is 396 g/mol. The lowest BCUT2D eigenvalue weighted by Crippen LogP contribution is -2.13. The number of fused-ring (bicyclic) bond motifs is 1. The summed E-state index contributed by atoms with van der Waals surface area (Å²) in [6.45, 7) is 1.86. The highest BCUT2D eigenvalue weighted by atomic mass is 35.5. The van der Waals surface area contributed by atoms with E-state index in [1.165, 1.54) is 11.3 Å². The third-order valence-electron chi connectivity index (χ3n) is 4.14. The molecule has 1 saturated carbocycles. The van der Waals surface area contributed by atoms with Gasteiger partial charge in [0, 0.05) is 17.5 Å². The fraction of sp³-hybridized carbons (Fsp3) is 0.235. The molecular weight excluding hydrogens is 379 g/mol. The van der Waals surface area contributed by atoms with Crippen molar-refractivity contribution < 1.29 is 4.79 Å². The van der Waals surface area contributed by atoms with Gasteiger partial charge in [-0.1, -0.05) is 41.7 Å². The van der Waals surface area contributed by atoms with E-state index >= 15 is 0 Å². The number of nitrogens with one attached hydrogen (secondary N) is 1. The smallest absolute Gasteiger partial charge is 0.258 e. The van der Waals surface area contributed by atoms with E-state index in [1.54, 1.807) is 0 Å². The van der Waals surface area contributed by atoms with Crippen molar-refractivity contribution in [3.05, 3.63) is 52.5 Å². The topological polar surface area (TPSA) is 80.9 Å².